The van der Waals surface area contributed by atoms with Gasteiger partial charge in [0.25, 0.3) is 0 Å². The lowest BCUT2D eigenvalue weighted by molar-refractivity contribution is -0.147. The van der Waals surface area contributed by atoms with Crippen molar-refractivity contribution in [2.45, 2.75) is 51.5 Å². The number of fused-ring (bicyclic) bond motifs is 1. The molecule has 2 N–H and O–H groups in total. The van der Waals surface area contributed by atoms with Crippen molar-refractivity contribution < 1.29 is 14.7 Å². The lowest BCUT2D eigenvalue weighted by Gasteiger charge is -2.24. The first kappa shape index (κ1) is 12.4. The van der Waals surface area contributed by atoms with Crippen molar-refractivity contribution in [1.29, 1.82) is 0 Å². The minimum absolute atomic E-state index is 0.0475. The Balaban J connectivity index is 1.96. The molecule has 0 saturated heterocycles. The minimum Gasteiger partial charge on any atom is -0.480 e. The van der Waals surface area contributed by atoms with Crippen LogP contribution in [-0.4, -0.2) is 22.5 Å². The smallest absolute Gasteiger partial charge is 0.329 e. The van der Waals surface area contributed by atoms with E-state index in [-0.39, 0.29) is 11.8 Å². The molecule has 3 atom stereocenters. The summed E-state index contributed by atoms with van der Waals surface area (Å²) >= 11 is 0. The fourth-order valence-electron chi connectivity index (χ4n) is 3.03. The molecule has 0 aromatic rings. The Labute approximate surface area is 102 Å². The first-order valence-corrected chi connectivity index (χ1v) is 6.55. The summed E-state index contributed by atoms with van der Waals surface area (Å²) in [7, 11) is 0. The van der Waals surface area contributed by atoms with Crippen LogP contribution in [0.5, 0.6) is 0 Å². The summed E-state index contributed by atoms with van der Waals surface area (Å²) in [6, 6.07) is 0. The molecule has 0 bridgehead atoms. The number of carboxylic acid groups (broad SMARTS) is 1. The second kappa shape index (κ2) is 4.31. The van der Waals surface area contributed by atoms with Crippen LogP contribution < -0.4 is 5.32 Å². The second-order valence-corrected chi connectivity index (χ2v) is 5.62. The van der Waals surface area contributed by atoms with E-state index >= 15 is 0 Å². The van der Waals surface area contributed by atoms with Gasteiger partial charge in [-0.15, -0.1) is 0 Å². The van der Waals surface area contributed by atoms with Crippen LogP contribution in [0.1, 0.15) is 46.0 Å². The van der Waals surface area contributed by atoms with Crippen molar-refractivity contribution in [2.24, 2.45) is 17.8 Å². The third-order valence-electron chi connectivity index (χ3n) is 4.54. The topological polar surface area (TPSA) is 66.4 Å². The summed E-state index contributed by atoms with van der Waals surface area (Å²) < 4.78 is 0. The van der Waals surface area contributed by atoms with Gasteiger partial charge in [0.1, 0.15) is 5.54 Å². The highest BCUT2D eigenvalue weighted by Gasteiger charge is 2.55. The van der Waals surface area contributed by atoms with E-state index in [2.05, 4.69) is 5.32 Å². The largest absolute Gasteiger partial charge is 0.480 e. The maximum atomic E-state index is 12.1. The van der Waals surface area contributed by atoms with Crippen LogP contribution in [0, 0.1) is 17.8 Å². The fourth-order valence-corrected chi connectivity index (χ4v) is 3.03. The normalized spacial score (nSPS) is 34.4. The number of rotatable bonds is 4. The van der Waals surface area contributed by atoms with E-state index in [0.29, 0.717) is 18.3 Å². The molecule has 2 aliphatic rings. The molecule has 0 aliphatic heterocycles. The fraction of sp³-hybridized carbons (Fsp3) is 0.846. The molecule has 3 unspecified atom stereocenters. The van der Waals surface area contributed by atoms with Crippen LogP contribution in [-0.2, 0) is 9.59 Å². The van der Waals surface area contributed by atoms with Crippen molar-refractivity contribution in [3.8, 4) is 0 Å². The van der Waals surface area contributed by atoms with Gasteiger partial charge in [-0.3, -0.25) is 4.79 Å². The molecule has 17 heavy (non-hydrogen) atoms. The van der Waals surface area contributed by atoms with E-state index in [1.165, 1.54) is 12.8 Å². The Morgan fingerprint density at radius 2 is 1.82 bits per heavy atom. The van der Waals surface area contributed by atoms with Gasteiger partial charge in [0.05, 0.1) is 0 Å². The third kappa shape index (κ3) is 2.17. The Hall–Kier alpha value is -1.06. The number of aliphatic carboxylic acids is 1. The van der Waals surface area contributed by atoms with Crippen molar-refractivity contribution in [2.75, 3.05) is 0 Å². The molecule has 0 heterocycles. The van der Waals surface area contributed by atoms with Gasteiger partial charge >= 0.3 is 5.97 Å². The number of amides is 1. The zero-order valence-electron chi connectivity index (χ0n) is 10.5. The summed E-state index contributed by atoms with van der Waals surface area (Å²) in [5, 5.41) is 11.8. The second-order valence-electron chi connectivity index (χ2n) is 5.62. The first-order chi connectivity index (χ1) is 7.99. The number of hydrogen-bond donors (Lipinski definition) is 2. The molecular formula is C13H21NO3. The van der Waals surface area contributed by atoms with Crippen LogP contribution in [0.25, 0.3) is 0 Å². The molecule has 2 fully saturated rings. The van der Waals surface area contributed by atoms with Gasteiger partial charge in [0, 0.05) is 5.92 Å². The van der Waals surface area contributed by atoms with Crippen molar-refractivity contribution in [3.05, 3.63) is 0 Å². The summed E-state index contributed by atoms with van der Waals surface area (Å²) in [4.78, 5) is 23.2. The van der Waals surface area contributed by atoms with Gasteiger partial charge in [0.2, 0.25) is 5.91 Å². The number of carboxylic acids is 1. The predicted molar refractivity (Wildman–Crippen MR) is 63.4 cm³/mol. The summed E-state index contributed by atoms with van der Waals surface area (Å²) in [5.74, 6) is 0.144. The van der Waals surface area contributed by atoms with Crippen molar-refractivity contribution >= 4 is 11.9 Å². The van der Waals surface area contributed by atoms with Gasteiger partial charge in [0.15, 0.2) is 0 Å². The van der Waals surface area contributed by atoms with E-state index in [4.69, 9.17) is 5.11 Å². The van der Waals surface area contributed by atoms with E-state index < -0.39 is 11.5 Å². The highest BCUT2D eigenvalue weighted by molar-refractivity contribution is 5.89. The highest BCUT2D eigenvalue weighted by atomic mass is 16.4. The predicted octanol–water partition coefficient (Wildman–Crippen LogP) is 1.79. The number of hydrogen-bond acceptors (Lipinski definition) is 2. The monoisotopic (exact) mass is 239 g/mol. The van der Waals surface area contributed by atoms with Crippen LogP contribution in [0.15, 0.2) is 0 Å². The van der Waals surface area contributed by atoms with Crippen LogP contribution in [0.2, 0.25) is 0 Å². The quantitative estimate of drug-likeness (QED) is 0.786. The average Bonchev–Trinajstić information content (AvgIpc) is 3.02. The molecule has 4 nitrogen and oxygen atoms in total. The molecule has 2 aliphatic carbocycles. The third-order valence-corrected chi connectivity index (χ3v) is 4.54. The molecule has 0 spiro atoms. The zero-order chi connectivity index (χ0) is 12.6. The molecule has 0 aromatic heterocycles. The maximum Gasteiger partial charge on any atom is 0.329 e. The zero-order valence-corrected chi connectivity index (χ0v) is 10.5. The Morgan fingerprint density at radius 3 is 2.24 bits per heavy atom. The highest BCUT2D eigenvalue weighted by Crippen LogP contribution is 2.55. The van der Waals surface area contributed by atoms with E-state index in [9.17, 15) is 9.59 Å². The number of carbonyl (C=O) groups excluding carboxylic acids is 1. The average molecular weight is 239 g/mol. The molecule has 2 saturated carbocycles. The molecule has 96 valence electrons. The summed E-state index contributed by atoms with van der Waals surface area (Å²) in [5.41, 5.74) is -1.11. The van der Waals surface area contributed by atoms with E-state index in [1.807, 2.05) is 0 Å². The van der Waals surface area contributed by atoms with Crippen molar-refractivity contribution in [3.63, 3.8) is 0 Å². The molecule has 4 heteroatoms. The SMILES string of the molecule is CCC(C)(NC(=O)C1C2CCCCC21)C(=O)O. The first-order valence-electron chi connectivity index (χ1n) is 6.55. The van der Waals surface area contributed by atoms with Gasteiger partial charge in [-0.2, -0.15) is 0 Å². The number of nitrogens with one attached hydrogen (secondary N) is 1. The standard InChI is InChI=1S/C13H21NO3/c1-3-13(2,12(16)17)14-11(15)10-8-6-4-5-7-9(8)10/h8-10H,3-7H2,1-2H3,(H,14,15)(H,16,17). The molecular weight excluding hydrogens is 218 g/mol. The maximum absolute atomic E-state index is 12.1. The summed E-state index contributed by atoms with van der Waals surface area (Å²) in [6.07, 6.45) is 5.12. The molecule has 2 rings (SSSR count). The van der Waals surface area contributed by atoms with Crippen LogP contribution in [0.4, 0.5) is 0 Å². The number of carbonyl (C=O) groups is 2. The van der Waals surface area contributed by atoms with E-state index in [0.717, 1.165) is 12.8 Å². The Morgan fingerprint density at radius 1 is 1.29 bits per heavy atom. The Bertz CT molecular complexity index is 330. The molecule has 0 radical (unpaired) electrons. The lowest BCUT2D eigenvalue weighted by Crippen LogP contribution is -2.52. The Kier molecular flexibility index (Phi) is 3.15. The van der Waals surface area contributed by atoms with Crippen LogP contribution in [0.3, 0.4) is 0 Å². The summed E-state index contributed by atoms with van der Waals surface area (Å²) in [6.45, 7) is 3.37. The lowest BCUT2D eigenvalue weighted by atomic mass is 9.98. The molecule has 1 amide bonds. The molecule has 0 aromatic carbocycles. The van der Waals surface area contributed by atoms with Gasteiger partial charge in [-0.05, 0) is 38.0 Å². The van der Waals surface area contributed by atoms with Crippen molar-refractivity contribution in [1.82, 2.24) is 5.32 Å². The minimum atomic E-state index is -1.11. The van der Waals surface area contributed by atoms with Crippen LogP contribution >= 0.6 is 0 Å². The van der Waals surface area contributed by atoms with Gasteiger partial charge in [-0.25, -0.2) is 4.79 Å². The van der Waals surface area contributed by atoms with Gasteiger partial charge < -0.3 is 10.4 Å². The van der Waals surface area contributed by atoms with Gasteiger partial charge in [-0.1, -0.05) is 19.8 Å². The van der Waals surface area contributed by atoms with E-state index in [1.54, 1.807) is 13.8 Å².